The van der Waals surface area contributed by atoms with E-state index >= 15 is 0 Å². The van der Waals surface area contributed by atoms with E-state index in [9.17, 15) is 4.79 Å². The number of aryl methyl sites for hydroxylation is 1. The number of halogens is 1. The number of amides is 1. The minimum absolute atomic E-state index is 0.212. The van der Waals surface area contributed by atoms with Gasteiger partial charge in [-0.05, 0) is 44.0 Å². The molecule has 1 unspecified atom stereocenters. The predicted molar refractivity (Wildman–Crippen MR) is 62.4 cm³/mol. The van der Waals surface area contributed by atoms with Crippen LogP contribution in [-0.2, 0) is 4.79 Å². The van der Waals surface area contributed by atoms with Gasteiger partial charge in [-0.25, -0.2) is 0 Å². The van der Waals surface area contributed by atoms with Crippen LogP contribution in [0.1, 0.15) is 25.3 Å². The zero-order valence-corrected chi connectivity index (χ0v) is 9.71. The molecule has 1 amide bonds. The fraction of sp³-hybridized carbons (Fsp3) is 0.417. The van der Waals surface area contributed by atoms with Gasteiger partial charge >= 0.3 is 0 Å². The Bertz CT molecular complexity index is 403. The molecule has 1 saturated heterocycles. The van der Waals surface area contributed by atoms with E-state index in [1.807, 2.05) is 30.0 Å². The van der Waals surface area contributed by atoms with Gasteiger partial charge in [-0.3, -0.25) is 4.79 Å². The average Bonchev–Trinajstić information content (AvgIpc) is 2.52. The van der Waals surface area contributed by atoms with E-state index < -0.39 is 0 Å². The molecule has 2 rings (SSSR count). The standard InChI is InChI=1S/C12H14ClNO/c1-8-7-10(4-5-11(8)13)14-9(2)3-6-12(14)15/h4-5,7,9H,3,6H2,1-2H3. The molecule has 0 radical (unpaired) electrons. The number of nitrogens with zero attached hydrogens (tertiary/aromatic N) is 1. The summed E-state index contributed by atoms with van der Waals surface area (Å²) in [5.41, 5.74) is 1.98. The van der Waals surface area contributed by atoms with Gasteiger partial charge in [-0.1, -0.05) is 11.6 Å². The highest BCUT2D eigenvalue weighted by atomic mass is 35.5. The van der Waals surface area contributed by atoms with E-state index in [1.54, 1.807) is 0 Å². The van der Waals surface area contributed by atoms with Crippen molar-refractivity contribution >= 4 is 23.2 Å². The first-order valence-electron chi connectivity index (χ1n) is 5.18. The number of rotatable bonds is 1. The van der Waals surface area contributed by atoms with E-state index in [0.717, 1.165) is 22.7 Å². The van der Waals surface area contributed by atoms with E-state index in [2.05, 4.69) is 6.92 Å². The molecule has 15 heavy (non-hydrogen) atoms. The summed E-state index contributed by atoms with van der Waals surface area (Å²) < 4.78 is 0. The minimum Gasteiger partial charge on any atom is -0.310 e. The lowest BCUT2D eigenvalue weighted by atomic mass is 10.2. The zero-order chi connectivity index (χ0) is 11.0. The number of hydrogen-bond donors (Lipinski definition) is 0. The third-order valence-electron chi connectivity index (χ3n) is 2.91. The van der Waals surface area contributed by atoms with Gasteiger partial charge in [0.1, 0.15) is 0 Å². The SMILES string of the molecule is Cc1cc(N2C(=O)CCC2C)ccc1Cl. The highest BCUT2D eigenvalue weighted by molar-refractivity contribution is 6.31. The molecule has 0 saturated carbocycles. The molecule has 1 aromatic carbocycles. The highest BCUT2D eigenvalue weighted by Gasteiger charge is 2.28. The molecule has 0 aliphatic carbocycles. The Morgan fingerprint density at radius 1 is 1.47 bits per heavy atom. The molecule has 1 fully saturated rings. The number of anilines is 1. The van der Waals surface area contributed by atoms with Crippen molar-refractivity contribution in [3.8, 4) is 0 Å². The van der Waals surface area contributed by atoms with Crippen molar-refractivity contribution < 1.29 is 4.79 Å². The molecule has 1 heterocycles. The maximum absolute atomic E-state index is 11.7. The Balaban J connectivity index is 2.36. The van der Waals surface area contributed by atoms with Crippen LogP contribution in [0.2, 0.25) is 5.02 Å². The fourth-order valence-electron chi connectivity index (χ4n) is 2.00. The molecule has 80 valence electrons. The van der Waals surface area contributed by atoms with Gasteiger partial charge in [0.05, 0.1) is 0 Å². The predicted octanol–water partition coefficient (Wildman–Crippen LogP) is 3.16. The third-order valence-corrected chi connectivity index (χ3v) is 3.33. The highest BCUT2D eigenvalue weighted by Crippen LogP contribution is 2.29. The Labute approximate surface area is 94.8 Å². The van der Waals surface area contributed by atoms with E-state index in [4.69, 9.17) is 11.6 Å². The summed E-state index contributed by atoms with van der Waals surface area (Å²) in [4.78, 5) is 13.5. The van der Waals surface area contributed by atoms with Gasteiger partial charge in [-0.2, -0.15) is 0 Å². The van der Waals surface area contributed by atoms with Crippen molar-refractivity contribution in [2.45, 2.75) is 32.7 Å². The van der Waals surface area contributed by atoms with Crippen molar-refractivity contribution in [3.05, 3.63) is 28.8 Å². The van der Waals surface area contributed by atoms with Crippen LogP contribution >= 0.6 is 11.6 Å². The van der Waals surface area contributed by atoms with Crippen LogP contribution in [0.25, 0.3) is 0 Å². The molecule has 0 spiro atoms. The number of carbonyl (C=O) groups excluding carboxylic acids is 1. The lowest BCUT2D eigenvalue weighted by molar-refractivity contribution is -0.117. The molecule has 2 nitrogen and oxygen atoms in total. The van der Waals surface area contributed by atoms with Crippen LogP contribution in [0.3, 0.4) is 0 Å². The fourth-order valence-corrected chi connectivity index (χ4v) is 2.12. The lowest BCUT2D eigenvalue weighted by Crippen LogP contribution is -2.30. The molecule has 0 aromatic heterocycles. The molecular formula is C12H14ClNO. The Hall–Kier alpha value is -1.02. The van der Waals surface area contributed by atoms with Crippen LogP contribution in [0.5, 0.6) is 0 Å². The first-order valence-corrected chi connectivity index (χ1v) is 5.55. The average molecular weight is 224 g/mol. The van der Waals surface area contributed by atoms with Gasteiger partial charge in [-0.15, -0.1) is 0 Å². The van der Waals surface area contributed by atoms with Crippen molar-refractivity contribution in [3.63, 3.8) is 0 Å². The largest absolute Gasteiger partial charge is 0.310 e. The number of hydrogen-bond acceptors (Lipinski definition) is 1. The number of benzene rings is 1. The molecule has 0 bridgehead atoms. The minimum atomic E-state index is 0.212. The maximum Gasteiger partial charge on any atom is 0.227 e. The lowest BCUT2D eigenvalue weighted by Gasteiger charge is -2.22. The third kappa shape index (κ3) is 1.86. The number of carbonyl (C=O) groups is 1. The van der Waals surface area contributed by atoms with Crippen molar-refractivity contribution in [1.82, 2.24) is 0 Å². The summed E-state index contributed by atoms with van der Waals surface area (Å²) in [5, 5.41) is 0.748. The van der Waals surface area contributed by atoms with Crippen LogP contribution in [-0.4, -0.2) is 11.9 Å². The van der Waals surface area contributed by atoms with Gasteiger partial charge in [0.2, 0.25) is 5.91 Å². The zero-order valence-electron chi connectivity index (χ0n) is 8.96. The summed E-state index contributed by atoms with van der Waals surface area (Å²) in [7, 11) is 0. The summed E-state index contributed by atoms with van der Waals surface area (Å²) in [6, 6.07) is 6.04. The topological polar surface area (TPSA) is 20.3 Å². The van der Waals surface area contributed by atoms with E-state index in [-0.39, 0.29) is 5.91 Å². The smallest absolute Gasteiger partial charge is 0.227 e. The Morgan fingerprint density at radius 2 is 2.20 bits per heavy atom. The van der Waals surface area contributed by atoms with Gasteiger partial charge in [0.15, 0.2) is 0 Å². The quantitative estimate of drug-likeness (QED) is 0.716. The van der Waals surface area contributed by atoms with Gasteiger partial charge in [0.25, 0.3) is 0 Å². The molecule has 0 N–H and O–H groups in total. The maximum atomic E-state index is 11.7. The summed E-state index contributed by atoms with van der Waals surface area (Å²) >= 11 is 5.96. The van der Waals surface area contributed by atoms with Crippen molar-refractivity contribution in [2.75, 3.05) is 4.90 Å². The van der Waals surface area contributed by atoms with E-state index in [0.29, 0.717) is 12.5 Å². The van der Waals surface area contributed by atoms with Crippen molar-refractivity contribution in [2.24, 2.45) is 0 Å². The second kappa shape index (κ2) is 3.86. The summed E-state index contributed by atoms with van der Waals surface area (Å²) in [6.07, 6.45) is 1.60. The normalized spacial score (nSPS) is 21.1. The molecular weight excluding hydrogens is 210 g/mol. The summed E-state index contributed by atoms with van der Waals surface area (Å²) in [5.74, 6) is 0.212. The van der Waals surface area contributed by atoms with Crippen LogP contribution in [0, 0.1) is 6.92 Å². The first-order chi connectivity index (χ1) is 7.09. The first kappa shape index (κ1) is 10.5. The van der Waals surface area contributed by atoms with Gasteiger partial charge < -0.3 is 4.90 Å². The molecule has 3 heteroatoms. The summed E-state index contributed by atoms with van der Waals surface area (Å²) in [6.45, 7) is 4.03. The van der Waals surface area contributed by atoms with Crippen LogP contribution < -0.4 is 4.90 Å². The second-order valence-electron chi connectivity index (χ2n) is 4.08. The van der Waals surface area contributed by atoms with Crippen LogP contribution in [0.4, 0.5) is 5.69 Å². The van der Waals surface area contributed by atoms with E-state index in [1.165, 1.54) is 0 Å². The Kier molecular flexibility index (Phi) is 2.70. The molecule has 1 aliphatic rings. The monoisotopic (exact) mass is 223 g/mol. The molecule has 1 aliphatic heterocycles. The molecule has 1 aromatic rings. The van der Waals surface area contributed by atoms with Gasteiger partial charge in [0, 0.05) is 23.2 Å². The van der Waals surface area contributed by atoms with Crippen LogP contribution in [0.15, 0.2) is 18.2 Å². The molecule has 1 atom stereocenters. The van der Waals surface area contributed by atoms with Crippen molar-refractivity contribution in [1.29, 1.82) is 0 Å². The Morgan fingerprint density at radius 3 is 2.73 bits per heavy atom. The second-order valence-corrected chi connectivity index (χ2v) is 4.49.